The highest BCUT2D eigenvalue weighted by atomic mass is 79.9. The highest BCUT2D eigenvalue weighted by Crippen LogP contribution is 2.23. The van der Waals surface area contributed by atoms with Gasteiger partial charge in [0.05, 0.1) is 10.2 Å². The third kappa shape index (κ3) is 5.63. The van der Waals surface area contributed by atoms with Crippen LogP contribution in [0.25, 0.3) is 0 Å². The van der Waals surface area contributed by atoms with E-state index in [4.69, 9.17) is 22.0 Å². The monoisotopic (exact) mass is 430 g/mol. The standard InChI is InChI=1S/C15H16BrFN4O3S/c16-11-7-9(4-5-12(11)17)18-15(19-23)14-13(20-24-21-14)8-10(25)3-1-2-6-22/h4-5,7,22-23H,1-3,6,8H2,(H,18,19). The van der Waals surface area contributed by atoms with Crippen LogP contribution in [-0.4, -0.2) is 37.9 Å². The number of hydrogen-bond donors (Lipinski definition) is 3. The predicted molar refractivity (Wildman–Crippen MR) is 96.8 cm³/mol. The van der Waals surface area contributed by atoms with Crippen LogP contribution in [0.3, 0.4) is 0 Å². The van der Waals surface area contributed by atoms with Gasteiger partial charge in [0.2, 0.25) is 0 Å². The summed E-state index contributed by atoms with van der Waals surface area (Å²) in [4.78, 5) is 4.91. The Morgan fingerprint density at radius 1 is 1.36 bits per heavy atom. The minimum atomic E-state index is -0.422. The summed E-state index contributed by atoms with van der Waals surface area (Å²) in [5.74, 6) is -0.414. The molecule has 10 heteroatoms. The molecule has 0 saturated carbocycles. The van der Waals surface area contributed by atoms with Gasteiger partial charge in [0.1, 0.15) is 11.5 Å². The summed E-state index contributed by atoms with van der Waals surface area (Å²) in [6, 6.07) is 4.15. The molecule has 3 N–H and O–H groups in total. The molecule has 1 aromatic carbocycles. The molecule has 0 aliphatic carbocycles. The molecule has 2 aromatic rings. The van der Waals surface area contributed by atoms with Crippen LogP contribution >= 0.6 is 28.1 Å². The van der Waals surface area contributed by atoms with E-state index in [9.17, 15) is 9.60 Å². The Balaban J connectivity index is 2.18. The number of hydroxylamine groups is 1. The number of hydrogen-bond acceptors (Lipinski definition) is 7. The van der Waals surface area contributed by atoms with E-state index in [2.05, 4.69) is 31.2 Å². The van der Waals surface area contributed by atoms with Gasteiger partial charge in [-0.3, -0.25) is 10.7 Å². The Bertz CT molecular complexity index is 769. The minimum absolute atomic E-state index is 0.00733. The predicted octanol–water partition coefficient (Wildman–Crippen LogP) is 3.10. The summed E-state index contributed by atoms with van der Waals surface area (Å²) in [5, 5.41) is 25.7. The van der Waals surface area contributed by atoms with Gasteiger partial charge < -0.3 is 5.11 Å². The zero-order valence-electron chi connectivity index (χ0n) is 13.1. The zero-order valence-corrected chi connectivity index (χ0v) is 15.5. The van der Waals surface area contributed by atoms with Crippen LogP contribution in [0, 0.1) is 5.82 Å². The topological polar surface area (TPSA) is 104 Å². The van der Waals surface area contributed by atoms with Crippen molar-refractivity contribution in [3.63, 3.8) is 0 Å². The van der Waals surface area contributed by atoms with Crippen LogP contribution in [0.2, 0.25) is 0 Å². The van der Waals surface area contributed by atoms with Gasteiger partial charge in [-0.05, 0) is 63.4 Å². The van der Waals surface area contributed by atoms with Gasteiger partial charge in [-0.1, -0.05) is 17.4 Å². The fraction of sp³-hybridized carbons (Fsp3) is 0.333. The number of aliphatic imine (C=N–C) groups is 1. The van der Waals surface area contributed by atoms with E-state index in [0.29, 0.717) is 30.6 Å². The number of rotatable bonds is 8. The first kappa shape index (κ1) is 19.6. The molecule has 134 valence electrons. The summed E-state index contributed by atoms with van der Waals surface area (Å²) in [7, 11) is 0. The van der Waals surface area contributed by atoms with Crippen molar-refractivity contribution in [2.45, 2.75) is 25.7 Å². The lowest BCUT2D eigenvalue weighted by Gasteiger charge is -2.05. The molecule has 0 fully saturated rings. The van der Waals surface area contributed by atoms with Crippen molar-refractivity contribution in [3.8, 4) is 0 Å². The highest BCUT2D eigenvalue weighted by molar-refractivity contribution is 9.10. The lowest BCUT2D eigenvalue weighted by Crippen LogP contribution is -2.22. The molecule has 0 atom stereocenters. The normalized spacial score (nSPS) is 11.6. The minimum Gasteiger partial charge on any atom is -0.396 e. The van der Waals surface area contributed by atoms with Gasteiger partial charge >= 0.3 is 0 Å². The molecule has 0 bridgehead atoms. The van der Waals surface area contributed by atoms with Crippen molar-refractivity contribution in [3.05, 3.63) is 39.9 Å². The number of amidine groups is 1. The smallest absolute Gasteiger partial charge is 0.182 e. The maximum Gasteiger partial charge on any atom is 0.182 e. The van der Waals surface area contributed by atoms with E-state index in [1.165, 1.54) is 18.2 Å². The number of halogens is 2. The molecule has 0 saturated heterocycles. The molecule has 0 aliphatic heterocycles. The fourth-order valence-electron chi connectivity index (χ4n) is 2.03. The van der Waals surface area contributed by atoms with E-state index < -0.39 is 5.82 Å². The van der Waals surface area contributed by atoms with Crippen LogP contribution < -0.4 is 5.48 Å². The van der Waals surface area contributed by atoms with E-state index in [1.807, 2.05) is 5.48 Å². The molecule has 25 heavy (non-hydrogen) atoms. The van der Waals surface area contributed by atoms with E-state index in [0.717, 1.165) is 11.3 Å². The third-order valence-electron chi connectivity index (χ3n) is 3.26. The lowest BCUT2D eigenvalue weighted by atomic mass is 10.1. The van der Waals surface area contributed by atoms with Crippen molar-refractivity contribution in [2.24, 2.45) is 4.99 Å². The van der Waals surface area contributed by atoms with E-state index >= 15 is 0 Å². The second kappa shape index (κ2) is 9.66. The Hall–Kier alpha value is -1.75. The maximum absolute atomic E-state index is 13.3. The van der Waals surface area contributed by atoms with Crippen LogP contribution in [0.15, 0.2) is 32.3 Å². The molecule has 0 amide bonds. The third-order valence-corrected chi connectivity index (χ3v) is 4.22. The summed E-state index contributed by atoms with van der Waals surface area (Å²) < 4.78 is 18.3. The van der Waals surface area contributed by atoms with Gasteiger partial charge in [-0.2, -0.15) is 0 Å². The Morgan fingerprint density at radius 3 is 2.84 bits per heavy atom. The van der Waals surface area contributed by atoms with Crippen LogP contribution in [0.4, 0.5) is 10.1 Å². The van der Waals surface area contributed by atoms with E-state index in [-0.39, 0.29) is 22.6 Å². The molecule has 0 aliphatic rings. The van der Waals surface area contributed by atoms with Gasteiger partial charge in [-0.15, -0.1) is 0 Å². The van der Waals surface area contributed by atoms with Crippen LogP contribution in [0.5, 0.6) is 0 Å². The van der Waals surface area contributed by atoms with Crippen LogP contribution in [0.1, 0.15) is 30.7 Å². The van der Waals surface area contributed by atoms with Crippen molar-refractivity contribution < 1.29 is 19.3 Å². The summed E-state index contributed by atoms with van der Waals surface area (Å²) in [6.07, 6.45) is 2.44. The number of thiocarbonyl (C=S) groups is 1. The molecule has 0 radical (unpaired) electrons. The number of benzene rings is 1. The summed E-state index contributed by atoms with van der Waals surface area (Å²) in [6.45, 7) is 0.123. The average molecular weight is 431 g/mol. The first-order chi connectivity index (χ1) is 12.0. The number of nitrogens with zero attached hydrogens (tertiary/aromatic N) is 3. The maximum atomic E-state index is 13.3. The Morgan fingerprint density at radius 2 is 2.16 bits per heavy atom. The molecule has 0 unspecified atom stereocenters. The second-order valence-corrected chi connectivity index (χ2v) is 6.56. The molecule has 0 spiro atoms. The molecular weight excluding hydrogens is 415 g/mol. The largest absolute Gasteiger partial charge is 0.396 e. The van der Waals surface area contributed by atoms with Gasteiger partial charge in [-0.25, -0.2) is 14.0 Å². The van der Waals surface area contributed by atoms with Crippen molar-refractivity contribution in [1.82, 2.24) is 15.8 Å². The van der Waals surface area contributed by atoms with E-state index in [1.54, 1.807) is 0 Å². The van der Waals surface area contributed by atoms with Gasteiger partial charge in [0, 0.05) is 13.0 Å². The number of aliphatic hydroxyl groups is 1. The second-order valence-electron chi connectivity index (χ2n) is 5.13. The summed E-state index contributed by atoms with van der Waals surface area (Å²) >= 11 is 8.37. The first-order valence-electron chi connectivity index (χ1n) is 7.43. The molecular formula is C15H16BrFN4O3S. The zero-order chi connectivity index (χ0) is 18.2. The average Bonchev–Trinajstić information content (AvgIpc) is 3.04. The quantitative estimate of drug-likeness (QED) is 0.194. The van der Waals surface area contributed by atoms with Gasteiger partial charge in [0.25, 0.3) is 0 Å². The molecule has 2 rings (SSSR count). The lowest BCUT2D eigenvalue weighted by molar-refractivity contribution is 0.234. The van der Waals surface area contributed by atoms with Crippen LogP contribution in [-0.2, 0) is 6.42 Å². The highest BCUT2D eigenvalue weighted by Gasteiger charge is 2.18. The van der Waals surface area contributed by atoms with Crippen molar-refractivity contribution in [1.29, 1.82) is 0 Å². The van der Waals surface area contributed by atoms with Crippen molar-refractivity contribution >= 4 is 44.5 Å². The SMILES string of the molecule is OCCCCC(=S)Cc1nonc1C(=Nc1ccc(F)c(Br)c1)NO. The summed E-state index contributed by atoms with van der Waals surface area (Å²) in [5.41, 5.74) is 2.99. The van der Waals surface area contributed by atoms with Crippen molar-refractivity contribution in [2.75, 3.05) is 6.61 Å². The molecule has 1 aromatic heterocycles. The molecule has 7 nitrogen and oxygen atoms in total. The fourth-order valence-corrected chi connectivity index (χ4v) is 2.67. The molecule has 1 heterocycles. The Labute approximate surface area is 157 Å². The number of aliphatic hydroxyl groups excluding tert-OH is 1. The number of aromatic nitrogens is 2. The Kier molecular flexibility index (Phi) is 7.56. The number of nitrogens with one attached hydrogen (secondary N) is 1. The first-order valence-corrected chi connectivity index (χ1v) is 8.63. The van der Waals surface area contributed by atoms with Gasteiger partial charge in [0.15, 0.2) is 11.5 Å². The number of unbranched alkanes of at least 4 members (excludes halogenated alkanes) is 1.